The Morgan fingerprint density at radius 1 is 1.15 bits per heavy atom. The number of fused-ring (bicyclic) bond motifs is 1. The van der Waals surface area contributed by atoms with Crippen molar-refractivity contribution >= 4 is 0 Å². The van der Waals surface area contributed by atoms with Gasteiger partial charge in [-0.3, -0.25) is 5.84 Å². The normalized spacial score (nSPS) is 15.7. The molecular formula is C15H18N2O3. The van der Waals surface area contributed by atoms with Crippen LogP contribution in [-0.2, 0) is 0 Å². The average Bonchev–Trinajstić information content (AvgIpc) is 2.75. The van der Waals surface area contributed by atoms with Crippen molar-refractivity contribution in [1.82, 2.24) is 5.43 Å². The summed E-state index contributed by atoms with van der Waals surface area (Å²) in [4.78, 5) is 0. The summed E-state index contributed by atoms with van der Waals surface area (Å²) in [6.07, 6.45) is 2.56. The fourth-order valence-corrected chi connectivity index (χ4v) is 2.42. The number of hydrogen-bond acceptors (Lipinski definition) is 5. The standard InChI is InChI=1S/C15H18N2O3/c1-10-12(5-8-18-10)15(17-16)11-3-4-13-14(9-11)20-7-2-6-19-13/h3-5,8-9,15,17H,2,6-7,16H2,1H3. The van der Waals surface area contributed by atoms with Crippen LogP contribution in [0.1, 0.15) is 29.3 Å². The number of furan rings is 1. The molecule has 5 nitrogen and oxygen atoms in total. The Balaban J connectivity index is 1.96. The van der Waals surface area contributed by atoms with Crippen LogP contribution in [0.15, 0.2) is 34.9 Å². The summed E-state index contributed by atoms with van der Waals surface area (Å²) >= 11 is 0. The molecule has 3 rings (SSSR count). The zero-order valence-electron chi connectivity index (χ0n) is 11.4. The van der Waals surface area contributed by atoms with Crippen molar-refractivity contribution in [2.45, 2.75) is 19.4 Å². The summed E-state index contributed by atoms with van der Waals surface area (Å²) in [5, 5.41) is 0. The second-order valence-corrected chi connectivity index (χ2v) is 4.79. The predicted molar refractivity (Wildman–Crippen MR) is 74.7 cm³/mol. The van der Waals surface area contributed by atoms with Gasteiger partial charge >= 0.3 is 0 Å². The highest BCUT2D eigenvalue weighted by Crippen LogP contribution is 2.34. The highest BCUT2D eigenvalue weighted by molar-refractivity contribution is 5.46. The van der Waals surface area contributed by atoms with Gasteiger partial charge in [0.25, 0.3) is 0 Å². The molecule has 20 heavy (non-hydrogen) atoms. The van der Waals surface area contributed by atoms with E-state index in [0.717, 1.165) is 34.8 Å². The Morgan fingerprint density at radius 2 is 1.95 bits per heavy atom. The molecule has 1 aromatic carbocycles. The van der Waals surface area contributed by atoms with Crippen molar-refractivity contribution in [3.63, 3.8) is 0 Å². The molecule has 106 valence electrons. The van der Waals surface area contributed by atoms with Gasteiger partial charge in [0.2, 0.25) is 0 Å². The largest absolute Gasteiger partial charge is 0.490 e. The first-order valence-electron chi connectivity index (χ1n) is 6.69. The van der Waals surface area contributed by atoms with Crippen LogP contribution in [0.3, 0.4) is 0 Å². The number of hydrazine groups is 1. The van der Waals surface area contributed by atoms with Gasteiger partial charge in [-0.25, -0.2) is 5.43 Å². The van der Waals surface area contributed by atoms with E-state index in [0.29, 0.717) is 13.2 Å². The molecule has 1 aliphatic heterocycles. The molecule has 0 bridgehead atoms. The third-order valence-electron chi connectivity index (χ3n) is 3.48. The van der Waals surface area contributed by atoms with Crippen molar-refractivity contribution in [3.05, 3.63) is 47.4 Å². The highest BCUT2D eigenvalue weighted by Gasteiger charge is 2.19. The second kappa shape index (κ2) is 5.56. The topological polar surface area (TPSA) is 69.7 Å². The minimum absolute atomic E-state index is 0.133. The molecule has 0 amide bonds. The quantitative estimate of drug-likeness (QED) is 0.664. The lowest BCUT2D eigenvalue weighted by atomic mass is 9.99. The minimum atomic E-state index is -0.133. The van der Waals surface area contributed by atoms with Crippen molar-refractivity contribution in [1.29, 1.82) is 0 Å². The number of benzene rings is 1. The Bertz CT molecular complexity index is 595. The number of aryl methyl sites for hydroxylation is 1. The van der Waals surface area contributed by atoms with Gasteiger partial charge in [0, 0.05) is 12.0 Å². The number of rotatable bonds is 3. The Hall–Kier alpha value is -1.98. The molecule has 1 atom stereocenters. The molecular weight excluding hydrogens is 256 g/mol. The maximum Gasteiger partial charge on any atom is 0.161 e. The van der Waals surface area contributed by atoms with Crippen LogP contribution >= 0.6 is 0 Å². The monoisotopic (exact) mass is 274 g/mol. The molecule has 1 unspecified atom stereocenters. The summed E-state index contributed by atoms with van der Waals surface area (Å²) in [7, 11) is 0. The summed E-state index contributed by atoms with van der Waals surface area (Å²) in [6.45, 7) is 3.27. The predicted octanol–water partition coefficient (Wildman–Crippen LogP) is 2.30. The van der Waals surface area contributed by atoms with Crippen LogP contribution in [0, 0.1) is 6.92 Å². The molecule has 5 heteroatoms. The Labute approximate surface area is 117 Å². The average molecular weight is 274 g/mol. The van der Waals surface area contributed by atoms with Gasteiger partial charge in [-0.15, -0.1) is 0 Å². The van der Waals surface area contributed by atoms with Gasteiger partial charge in [0.05, 0.1) is 25.5 Å². The molecule has 0 aliphatic carbocycles. The highest BCUT2D eigenvalue weighted by atomic mass is 16.5. The van der Waals surface area contributed by atoms with Gasteiger partial charge in [-0.2, -0.15) is 0 Å². The smallest absolute Gasteiger partial charge is 0.161 e. The van der Waals surface area contributed by atoms with E-state index < -0.39 is 0 Å². The first kappa shape index (κ1) is 13.0. The number of nitrogens with two attached hydrogens (primary N) is 1. The number of hydrogen-bond donors (Lipinski definition) is 2. The first-order chi connectivity index (χ1) is 9.79. The van der Waals surface area contributed by atoms with E-state index in [1.54, 1.807) is 6.26 Å². The maximum absolute atomic E-state index is 5.71. The van der Waals surface area contributed by atoms with Crippen LogP contribution in [0.25, 0.3) is 0 Å². The van der Waals surface area contributed by atoms with Crippen LogP contribution < -0.4 is 20.7 Å². The van der Waals surface area contributed by atoms with E-state index in [2.05, 4.69) is 5.43 Å². The third kappa shape index (κ3) is 2.37. The van der Waals surface area contributed by atoms with Crippen LogP contribution in [0.5, 0.6) is 11.5 Å². The summed E-state index contributed by atoms with van der Waals surface area (Å²) in [5.41, 5.74) is 4.86. The second-order valence-electron chi connectivity index (χ2n) is 4.79. The zero-order chi connectivity index (χ0) is 13.9. The maximum atomic E-state index is 5.71. The summed E-state index contributed by atoms with van der Waals surface area (Å²) in [5.74, 6) is 8.10. The molecule has 2 heterocycles. The van der Waals surface area contributed by atoms with Gasteiger partial charge in [0.15, 0.2) is 11.5 Å². The van der Waals surface area contributed by atoms with E-state index in [1.807, 2.05) is 31.2 Å². The molecule has 2 aromatic rings. The van der Waals surface area contributed by atoms with Crippen LogP contribution in [-0.4, -0.2) is 13.2 Å². The van der Waals surface area contributed by atoms with Gasteiger partial charge < -0.3 is 13.9 Å². The molecule has 0 fully saturated rings. The SMILES string of the molecule is Cc1occc1C(NN)c1ccc2c(c1)OCCCO2. The van der Waals surface area contributed by atoms with E-state index in [1.165, 1.54) is 0 Å². The Kier molecular flexibility index (Phi) is 3.62. The number of nitrogens with one attached hydrogen (secondary N) is 1. The van der Waals surface area contributed by atoms with Crippen molar-refractivity contribution in [2.24, 2.45) is 5.84 Å². The van der Waals surface area contributed by atoms with E-state index in [9.17, 15) is 0 Å². The minimum Gasteiger partial charge on any atom is -0.490 e. The van der Waals surface area contributed by atoms with E-state index >= 15 is 0 Å². The summed E-state index contributed by atoms with van der Waals surface area (Å²) < 4.78 is 16.7. The fraction of sp³-hybridized carbons (Fsp3) is 0.333. The zero-order valence-corrected chi connectivity index (χ0v) is 11.4. The Morgan fingerprint density at radius 3 is 2.65 bits per heavy atom. The summed E-state index contributed by atoms with van der Waals surface area (Å²) in [6, 6.07) is 7.67. The van der Waals surface area contributed by atoms with E-state index in [-0.39, 0.29) is 6.04 Å². The van der Waals surface area contributed by atoms with Crippen molar-refractivity contribution < 1.29 is 13.9 Å². The van der Waals surface area contributed by atoms with Gasteiger partial charge in [0.1, 0.15) is 5.76 Å². The first-order valence-corrected chi connectivity index (χ1v) is 6.69. The molecule has 1 aromatic heterocycles. The molecule has 1 aliphatic rings. The molecule has 0 radical (unpaired) electrons. The number of ether oxygens (including phenoxy) is 2. The lowest BCUT2D eigenvalue weighted by Gasteiger charge is -2.17. The lowest BCUT2D eigenvalue weighted by Crippen LogP contribution is -2.29. The van der Waals surface area contributed by atoms with Crippen LogP contribution in [0.4, 0.5) is 0 Å². The van der Waals surface area contributed by atoms with Crippen molar-refractivity contribution in [3.8, 4) is 11.5 Å². The molecule has 0 saturated heterocycles. The third-order valence-corrected chi connectivity index (χ3v) is 3.48. The van der Waals surface area contributed by atoms with Gasteiger partial charge in [-0.1, -0.05) is 6.07 Å². The fourth-order valence-electron chi connectivity index (χ4n) is 2.42. The van der Waals surface area contributed by atoms with Gasteiger partial charge in [-0.05, 0) is 30.7 Å². The molecule has 0 spiro atoms. The van der Waals surface area contributed by atoms with Crippen molar-refractivity contribution in [2.75, 3.05) is 13.2 Å². The molecule has 0 saturated carbocycles. The molecule has 3 N–H and O–H groups in total. The lowest BCUT2D eigenvalue weighted by molar-refractivity contribution is 0.297. The van der Waals surface area contributed by atoms with Crippen LogP contribution in [0.2, 0.25) is 0 Å². The van der Waals surface area contributed by atoms with E-state index in [4.69, 9.17) is 19.7 Å².